The van der Waals surface area contributed by atoms with Gasteiger partial charge in [0.15, 0.2) is 0 Å². The Labute approximate surface area is 132 Å². The van der Waals surface area contributed by atoms with Gasteiger partial charge >= 0.3 is 0 Å². The summed E-state index contributed by atoms with van der Waals surface area (Å²) in [6.45, 7) is 4.77. The molecule has 2 heterocycles. The standard InChI is InChI=1S/C19H24N2O/c1-3-6-15-17(20-2)13-22-18-8-5-4-7-16(18)19(15)14-9-11-21-12-10-14/h3-8,20-21H,9-13H2,1-2H3/b6-3-. The van der Waals surface area contributed by atoms with Crippen LogP contribution in [-0.4, -0.2) is 26.7 Å². The van der Waals surface area contributed by atoms with Gasteiger partial charge in [0.1, 0.15) is 12.4 Å². The summed E-state index contributed by atoms with van der Waals surface area (Å²) in [4.78, 5) is 0. The van der Waals surface area contributed by atoms with Crippen molar-refractivity contribution in [2.45, 2.75) is 19.8 Å². The van der Waals surface area contributed by atoms with Crippen LogP contribution in [0.15, 0.2) is 53.3 Å². The number of allylic oxidation sites excluding steroid dienone is 4. The maximum atomic E-state index is 6.05. The quantitative estimate of drug-likeness (QED) is 0.879. The number of nitrogens with one attached hydrogen (secondary N) is 2. The van der Waals surface area contributed by atoms with Crippen molar-refractivity contribution in [3.8, 4) is 5.75 Å². The lowest BCUT2D eigenvalue weighted by Gasteiger charge is -2.22. The third-order valence-electron chi connectivity index (χ3n) is 4.32. The summed E-state index contributed by atoms with van der Waals surface area (Å²) >= 11 is 0. The van der Waals surface area contributed by atoms with Gasteiger partial charge in [-0.25, -0.2) is 0 Å². The molecule has 3 heteroatoms. The molecule has 1 fully saturated rings. The highest BCUT2D eigenvalue weighted by Gasteiger charge is 2.23. The van der Waals surface area contributed by atoms with E-state index in [0.717, 1.165) is 37.4 Å². The molecule has 0 aliphatic carbocycles. The number of likely N-dealkylation sites (N-methyl/N-ethyl adjacent to an activating group) is 1. The third kappa shape index (κ3) is 2.81. The summed E-state index contributed by atoms with van der Waals surface area (Å²) in [6, 6.07) is 8.40. The number of rotatable bonds is 2. The van der Waals surface area contributed by atoms with Crippen molar-refractivity contribution < 1.29 is 4.74 Å². The number of ether oxygens (including phenoxy) is 1. The van der Waals surface area contributed by atoms with E-state index in [1.165, 1.54) is 22.3 Å². The zero-order chi connectivity index (χ0) is 15.4. The second-order valence-corrected chi connectivity index (χ2v) is 5.66. The van der Waals surface area contributed by atoms with Crippen LogP contribution in [0.1, 0.15) is 25.3 Å². The molecule has 22 heavy (non-hydrogen) atoms. The zero-order valence-electron chi connectivity index (χ0n) is 13.4. The number of hydrogen-bond donors (Lipinski definition) is 2. The smallest absolute Gasteiger partial charge is 0.128 e. The maximum Gasteiger partial charge on any atom is 0.128 e. The second kappa shape index (κ2) is 6.84. The highest BCUT2D eigenvalue weighted by atomic mass is 16.5. The van der Waals surface area contributed by atoms with Crippen LogP contribution < -0.4 is 15.4 Å². The van der Waals surface area contributed by atoms with Crippen molar-refractivity contribution in [2.75, 3.05) is 26.7 Å². The van der Waals surface area contributed by atoms with Gasteiger partial charge in [-0.2, -0.15) is 0 Å². The molecule has 0 unspecified atom stereocenters. The summed E-state index contributed by atoms with van der Waals surface area (Å²) in [5, 5.41) is 6.79. The van der Waals surface area contributed by atoms with Crippen LogP contribution in [0.25, 0.3) is 5.57 Å². The Hall–Kier alpha value is -2.00. The van der Waals surface area contributed by atoms with E-state index in [1.807, 2.05) is 13.1 Å². The Morgan fingerprint density at radius 3 is 2.68 bits per heavy atom. The molecule has 1 aromatic carbocycles. The van der Waals surface area contributed by atoms with E-state index < -0.39 is 0 Å². The lowest BCUT2D eigenvalue weighted by molar-refractivity contribution is 0.345. The van der Waals surface area contributed by atoms with Gasteiger partial charge in [-0.15, -0.1) is 0 Å². The number of benzene rings is 1. The Morgan fingerprint density at radius 2 is 1.95 bits per heavy atom. The molecule has 0 radical (unpaired) electrons. The highest BCUT2D eigenvalue weighted by Crippen LogP contribution is 2.39. The molecule has 2 aliphatic rings. The molecule has 3 nitrogen and oxygen atoms in total. The average Bonchev–Trinajstić information content (AvgIpc) is 2.73. The largest absolute Gasteiger partial charge is 0.487 e. The summed E-state index contributed by atoms with van der Waals surface area (Å²) in [5.74, 6) is 0.982. The first-order valence-electron chi connectivity index (χ1n) is 8.04. The molecule has 0 aromatic heterocycles. The van der Waals surface area contributed by atoms with Crippen molar-refractivity contribution in [3.63, 3.8) is 0 Å². The van der Waals surface area contributed by atoms with Crippen LogP contribution in [-0.2, 0) is 0 Å². The van der Waals surface area contributed by atoms with Crippen LogP contribution >= 0.6 is 0 Å². The minimum atomic E-state index is 0.586. The Bertz CT molecular complexity index is 633. The van der Waals surface area contributed by atoms with E-state index >= 15 is 0 Å². The first kappa shape index (κ1) is 14.9. The molecule has 0 bridgehead atoms. The Morgan fingerprint density at radius 1 is 1.18 bits per heavy atom. The maximum absolute atomic E-state index is 6.05. The third-order valence-corrected chi connectivity index (χ3v) is 4.32. The average molecular weight is 296 g/mol. The van der Waals surface area contributed by atoms with E-state index in [9.17, 15) is 0 Å². The van der Waals surface area contributed by atoms with Gasteiger partial charge in [0.05, 0.1) is 5.70 Å². The van der Waals surface area contributed by atoms with E-state index in [0.29, 0.717) is 6.61 Å². The van der Waals surface area contributed by atoms with Crippen LogP contribution in [0.4, 0.5) is 0 Å². The van der Waals surface area contributed by atoms with Crippen molar-refractivity contribution in [1.29, 1.82) is 0 Å². The van der Waals surface area contributed by atoms with Crippen molar-refractivity contribution >= 4 is 5.57 Å². The van der Waals surface area contributed by atoms with Crippen LogP contribution in [0.2, 0.25) is 0 Å². The van der Waals surface area contributed by atoms with Crippen molar-refractivity contribution in [3.05, 3.63) is 58.8 Å². The molecule has 116 valence electrons. The minimum Gasteiger partial charge on any atom is -0.487 e. The van der Waals surface area contributed by atoms with Crippen molar-refractivity contribution in [1.82, 2.24) is 10.6 Å². The molecule has 1 saturated heterocycles. The molecule has 3 rings (SSSR count). The summed E-state index contributed by atoms with van der Waals surface area (Å²) in [6.07, 6.45) is 6.52. The summed E-state index contributed by atoms with van der Waals surface area (Å²) in [5.41, 5.74) is 6.52. The van der Waals surface area contributed by atoms with Crippen molar-refractivity contribution in [2.24, 2.45) is 0 Å². The molecule has 0 saturated carbocycles. The van der Waals surface area contributed by atoms with E-state index in [4.69, 9.17) is 4.74 Å². The SMILES string of the molecule is C/C=C\C1=C(NC)COc2ccccc2C1=C1CCNCC1. The summed E-state index contributed by atoms with van der Waals surface area (Å²) in [7, 11) is 1.98. The fraction of sp³-hybridized carbons (Fsp3) is 0.368. The first-order chi connectivity index (χ1) is 10.8. The molecule has 0 atom stereocenters. The number of piperidine rings is 1. The van der Waals surface area contributed by atoms with Gasteiger partial charge in [-0.1, -0.05) is 35.9 Å². The summed E-state index contributed by atoms with van der Waals surface area (Å²) < 4.78 is 6.05. The van der Waals surface area contributed by atoms with E-state index in [2.05, 4.69) is 47.9 Å². The zero-order valence-corrected chi connectivity index (χ0v) is 13.4. The van der Waals surface area contributed by atoms with Crippen LogP contribution in [0.3, 0.4) is 0 Å². The number of fused-ring (bicyclic) bond motifs is 1. The molecular formula is C19H24N2O. The first-order valence-corrected chi connectivity index (χ1v) is 8.04. The van der Waals surface area contributed by atoms with Gasteiger partial charge in [-0.3, -0.25) is 0 Å². The normalized spacial score (nSPS) is 19.0. The number of hydrogen-bond acceptors (Lipinski definition) is 3. The predicted molar refractivity (Wildman–Crippen MR) is 91.9 cm³/mol. The van der Waals surface area contributed by atoms with Gasteiger partial charge in [0, 0.05) is 18.2 Å². The molecular weight excluding hydrogens is 272 g/mol. The molecule has 0 spiro atoms. The van der Waals surface area contributed by atoms with Gasteiger partial charge in [0.2, 0.25) is 0 Å². The second-order valence-electron chi connectivity index (χ2n) is 5.66. The Kier molecular flexibility index (Phi) is 4.64. The van der Waals surface area contributed by atoms with E-state index in [-0.39, 0.29) is 0 Å². The lowest BCUT2D eigenvalue weighted by atomic mass is 9.87. The monoisotopic (exact) mass is 296 g/mol. The molecule has 0 amide bonds. The Balaban J connectivity index is 2.24. The molecule has 1 aromatic rings. The van der Waals surface area contributed by atoms with E-state index in [1.54, 1.807) is 0 Å². The minimum absolute atomic E-state index is 0.586. The number of para-hydroxylation sites is 1. The van der Waals surface area contributed by atoms with Gasteiger partial charge < -0.3 is 15.4 Å². The predicted octanol–water partition coefficient (Wildman–Crippen LogP) is 3.27. The molecule has 2 aliphatic heterocycles. The van der Waals surface area contributed by atoms with Gasteiger partial charge in [0.25, 0.3) is 0 Å². The molecule has 2 N–H and O–H groups in total. The van der Waals surface area contributed by atoms with Crippen LogP contribution in [0, 0.1) is 0 Å². The highest BCUT2D eigenvalue weighted by molar-refractivity contribution is 5.88. The topological polar surface area (TPSA) is 33.3 Å². The van der Waals surface area contributed by atoms with Crippen LogP contribution in [0.5, 0.6) is 5.75 Å². The fourth-order valence-electron chi connectivity index (χ4n) is 3.24. The lowest BCUT2D eigenvalue weighted by Crippen LogP contribution is -2.24. The van der Waals surface area contributed by atoms with Gasteiger partial charge in [-0.05, 0) is 44.5 Å². The fourth-order valence-corrected chi connectivity index (χ4v) is 3.24.